The van der Waals surface area contributed by atoms with Gasteiger partial charge in [-0.1, -0.05) is 0 Å². The van der Waals surface area contributed by atoms with Crippen LogP contribution < -0.4 is 10.6 Å². The summed E-state index contributed by atoms with van der Waals surface area (Å²) in [5.41, 5.74) is 0. The van der Waals surface area contributed by atoms with Gasteiger partial charge < -0.3 is 15.7 Å². The van der Waals surface area contributed by atoms with Gasteiger partial charge in [-0.05, 0) is 26.8 Å². The van der Waals surface area contributed by atoms with Crippen molar-refractivity contribution in [1.82, 2.24) is 10.6 Å². The van der Waals surface area contributed by atoms with Crippen molar-refractivity contribution >= 4 is 5.91 Å². The Kier molecular flexibility index (Phi) is 3.05. The first-order chi connectivity index (χ1) is 5.61. The van der Waals surface area contributed by atoms with Crippen LogP contribution in [0.4, 0.5) is 0 Å². The molecule has 1 heterocycles. The summed E-state index contributed by atoms with van der Waals surface area (Å²) in [7, 11) is 0. The van der Waals surface area contributed by atoms with Gasteiger partial charge in [0.25, 0.3) is 0 Å². The molecule has 0 spiro atoms. The second-order valence-corrected chi connectivity index (χ2v) is 3.32. The van der Waals surface area contributed by atoms with E-state index in [4.69, 9.17) is 5.11 Å². The van der Waals surface area contributed by atoms with Gasteiger partial charge >= 0.3 is 0 Å². The lowest BCUT2D eigenvalue weighted by atomic mass is 10.1. The highest BCUT2D eigenvalue weighted by Gasteiger charge is 2.25. The van der Waals surface area contributed by atoms with Crippen LogP contribution in [0.3, 0.4) is 0 Å². The zero-order valence-corrected chi connectivity index (χ0v) is 7.50. The van der Waals surface area contributed by atoms with E-state index in [1.54, 1.807) is 0 Å². The van der Waals surface area contributed by atoms with E-state index >= 15 is 0 Å². The lowest BCUT2D eigenvalue weighted by Gasteiger charge is -2.17. The number of amides is 1. The summed E-state index contributed by atoms with van der Waals surface area (Å²) in [6.07, 6.45) is 0.0393. The van der Waals surface area contributed by atoms with Crippen LogP contribution in [0.2, 0.25) is 0 Å². The molecule has 0 aromatic carbocycles. The van der Waals surface area contributed by atoms with E-state index in [0.29, 0.717) is 6.04 Å². The predicted molar refractivity (Wildman–Crippen MR) is 45.7 cm³/mol. The predicted octanol–water partition coefficient (Wildman–Crippen LogP) is -0.766. The van der Waals surface area contributed by atoms with Gasteiger partial charge in [0.05, 0.1) is 0 Å². The minimum absolute atomic E-state index is 0.173. The van der Waals surface area contributed by atoms with Crippen molar-refractivity contribution in [3.8, 4) is 0 Å². The third-order valence-corrected chi connectivity index (χ3v) is 2.23. The summed E-state index contributed by atoms with van der Waals surface area (Å²) in [4.78, 5) is 11.1. The van der Waals surface area contributed by atoms with E-state index in [2.05, 4.69) is 10.6 Å². The highest BCUT2D eigenvalue weighted by atomic mass is 16.3. The fraction of sp³-hybridized carbons (Fsp3) is 0.875. The Balaban J connectivity index is 2.35. The number of aliphatic hydroxyl groups is 1. The topological polar surface area (TPSA) is 61.4 Å². The van der Waals surface area contributed by atoms with E-state index < -0.39 is 6.10 Å². The Morgan fingerprint density at radius 3 is 2.83 bits per heavy atom. The Bertz CT molecular complexity index is 170. The summed E-state index contributed by atoms with van der Waals surface area (Å²) in [6.45, 7) is 4.44. The van der Waals surface area contributed by atoms with Crippen molar-refractivity contribution in [3.63, 3.8) is 0 Å². The van der Waals surface area contributed by atoms with Crippen LogP contribution in [0.1, 0.15) is 20.3 Å². The molecule has 3 unspecified atom stereocenters. The van der Waals surface area contributed by atoms with Gasteiger partial charge in [-0.2, -0.15) is 0 Å². The second-order valence-electron chi connectivity index (χ2n) is 3.32. The molecule has 1 fully saturated rings. The maximum atomic E-state index is 11.1. The van der Waals surface area contributed by atoms with Crippen molar-refractivity contribution < 1.29 is 9.90 Å². The molecule has 0 aliphatic carbocycles. The molecule has 1 saturated heterocycles. The van der Waals surface area contributed by atoms with Crippen LogP contribution in [0, 0.1) is 0 Å². The second kappa shape index (κ2) is 3.87. The maximum Gasteiger partial charge on any atom is 0.248 e. The highest BCUT2D eigenvalue weighted by Crippen LogP contribution is 2.05. The average molecular weight is 172 g/mol. The first-order valence-corrected chi connectivity index (χ1v) is 4.33. The quantitative estimate of drug-likeness (QED) is 0.513. The van der Waals surface area contributed by atoms with Crippen LogP contribution in [0.15, 0.2) is 0 Å². The van der Waals surface area contributed by atoms with Gasteiger partial charge in [-0.25, -0.2) is 0 Å². The molecule has 3 atom stereocenters. The Morgan fingerprint density at radius 2 is 2.42 bits per heavy atom. The number of aliphatic hydroxyl groups excluding tert-OH is 1. The zero-order valence-electron chi connectivity index (χ0n) is 7.50. The van der Waals surface area contributed by atoms with Gasteiger partial charge in [0.15, 0.2) is 0 Å². The summed E-state index contributed by atoms with van der Waals surface area (Å²) in [5, 5.41) is 14.9. The van der Waals surface area contributed by atoms with Crippen molar-refractivity contribution in [2.75, 3.05) is 6.54 Å². The molecule has 0 radical (unpaired) electrons. The molecule has 4 nitrogen and oxygen atoms in total. The molecule has 1 aliphatic rings. The van der Waals surface area contributed by atoms with Crippen LogP contribution in [-0.4, -0.2) is 35.7 Å². The van der Waals surface area contributed by atoms with Crippen molar-refractivity contribution in [2.45, 2.75) is 38.5 Å². The van der Waals surface area contributed by atoms with Gasteiger partial charge in [0, 0.05) is 12.1 Å². The number of nitrogens with one attached hydrogen (secondary N) is 2. The number of carbonyl (C=O) groups excluding carboxylic acids is 1. The van der Waals surface area contributed by atoms with Crippen molar-refractivity contribution in [2.24, 2.45) is 0 Å². The number of rotatable bonds is 2. The normalized spacial score (nSPS) is 31.6. The number of hydrogen-bond donors (Lipinski definition) is 3. The van der Waals surface area contributed by atoms with Gasteiger partial charge in [0.1, 0.15) is 6.10 Å². The first kappa shape index (κ1) is 9.48. The largest absolute Gasteiger partial charge is 0.384 e. The molecule has 12 heavy (non-hydrogen) atoms. The van der Waals surface area contributed by atoms with Gasteiger partial charge in [-0.3, -0.25) is 4.79 Å². The van der Waals surface area contributed by atoms with E-state index in [9.17, 15) is 4.79 Å². The molecule has 1 rings (SSSR count). The van der Waals surface area contributed by atoms with Crippen LogP contribution in [-0.2, 0) is 4.79 Å². The van der Waals surface area contributed by atoms with Gasteiger partial charge in [0.2, 0.25) is 5.91 Å². The highest BCUT2D eigenvalue weighted by molar-refractivity contribution is 5.80. The van der Waals surface area contributed by atoms with E-state index in [-0.39, 0.29) is 11.9 Å². The lowest BCUT2D eigenvalue weighted by Crippen LogP contribution is -2.45. The third-order valence-electron chi connectivity index (χ3n) is 2.23. The van der Waals surface area contributed by atoms with Crippen LogP contribution in [0.5, 0.6) is 0 Å². The van der Waals surface area contributed by atoms with Gasteiger partial charge in [-0.15, -0.1) is 0 Å². The number of carbonyl (C=O) groups is 1. The standard InChI is InChI=1S/C8H16N2O2/c1-5-7(3-4-9-5)10-8(12)6(2)11/h5-7,9,11H,3-4H2,1-2H3,(H,10,12). The molecule has 1 aliphatic heterocycles. The molecule has 3 N–H and O–H groups in total. The molecule has 4 heteroatoms. The summed E-state index contributed by atoms with van der Waals surface area (Å²) >= 11 is 0. The third kappa shape index (κ3) is 2.19. The summed E-state index contributed by atoms with van der Waals surface area (Å²) < 4.78 is 0. The lowest BCUT2D eigenvalue weighted by molar-refractivity contribution is -0.129. The molecule has 70 valence electrons. The summed E-state index contributed by atoms with van der Waals surface area (Å²) in [6, 6.07) is 0.486. The fourth-order valence-electron chi connectivity index (χ4n) is 1.36. The van der Waals surface area contributed by atoms with Crippen molar-refractivity contribution in [1.29, 1.82) is 0 Å². The van der Waals surface area contributed by atoms with E-state index in [1.807, 2.05) is 6.92 Å². The summed E-state index contributed by atoms with van der Waals surface area (Å²) in [5.74, 6) is -0.282. The Labute approximate surface area is 72.3 Å². The minimum Gasteiger partial charge on any atom is -0.384 e. The van der Waals surface area contributed by atoms with Crippen LogP contribution in [0.25, 0.3) is 0 Å². The molecule has 0 bridgehead atoms. The average Bonchev–Trinajstić information content (AvgIpc) is 2.36. The molecular weight excluding hydrogens is 156 g/mol. The van der Waals surface area contributed by atoms with E-state index in [0.717, 1.165) is 13.0 Å². The molecule has 1 amide bonds. The van der Waals surface area contributed by atoms with E-state index in [1.165, 1.54) is 6.92 Å². The molecule has 0 aromatic heterocycles. The monoisotopic (exact) mass is 172 g/mol. The Hall–Kier alpha value is -0.610. The smallest absolute Gasteiger partial charge is 0.248 e. The molecular formula is C8H16N2O2. The molecule has 0 saturated carbocycles. The fourth-order valence-corrected chi connectivity index (χ4v) is 1.36. The van der Waals surface area contributed by atoms with Crippen LogP contribution >= 0.6 is 0 Å². The number of hydrogen-bond acceptors (Lipinski definition) is 3. The van der Waals surface area contributed by atoms with Crippen molar-refractivity contribution in [3.05, 3.63) is 0 Å². The SMILES string of the molecule is CC(O)C(=O)NC1CCNC1C. The first-order valence-electron chi connectivity index (χ1n) is 4.33. The zero-order chi connectivity index (χ0) is 9.14. The maximum absolute atomic E-state index is 11.1. The Morgan fingerprint density at radius 1 is 1.75 bits per heavy atom. The minimum atomic E-state index is -0.905. The molecule has 0 aromatic rings.